The molecule has 2 aromatic carbocycles. The number of sulfone groups is 1. The third kappa shape index (κ3) is 6.18. The lowest BCUT2D eigenvalue weighted by Gasteiger charge is -2.11. The Labute approximate surface area is 187 Å². The third-order valence-electron chi connectivity index (χ3n) is 4.45. The van der Waals surface area contributed by atoms with Crippen LogP contribution in [-0.4, -0.2) is 41.4 Å². The number of nitrogens with one attached hydrogen (secondary N) is 1. The molecule has 0 fully saturated rings. The first-order valence-corrected chi connectivity index (χ1v) is 12.6. The number of rotatable bonds is 9. The summed E-state index contributed by atoms with van der Waals surface area (Å²) >= 11 is 1.23. The van der Waals surface area contributed by atoms with Crippen LogP contribution in [0.4, 0.5) is 0 Å². The van der Waals surface area contributed by atoms with Gasteiger partial charge in [0.2, 0.25) is 5.91 Å². The first-order chi connectivity index (χ1) is 14.8. The van der Waals surface area contributed by atoms with Gasteiger partial charge in [-0.05, 0) is 37.1 Å². The fraction of sp³-hybridized carbons (Fsp3) is 0.318. The van der Waals surface area contributed by atoms with E-state index >= 15 is 0 Å². The highest BCUT2D eigenvalue weighted by Gasteiger charge is 2.23. The zero-order valence-corrected chi connectivity index (χ0v) is 19.4. The van der Waals surface area contributed by atoms with Gasteiger partial charge in [0.1, 0.15) is 5.75 Å². The topological polar surface area (TPSA) is 94.0 Å². The molecule has 164 valence electrons. The van der Waals surface area contributed by atoms with Crippen molar-refractivity contribution in [2.75, 3.05) is 12.3 Å². The number of aryl methyl sites for hydroxylation is 1. The molecule has 0 aliphatic heterocycles. The van der Waals surface area contributed by atoms with Gasteiger partial charge in [-0.25, -0.2) is 8.42 Å². The van der Waals surface area contributed by atoms with Gasteiger partial charge in [-0.15, -0.1) is 10.2 Å². The number of aromatic nitrogens is 3. The Bertz CT molecular complexity index is 1130. The number of hydrogen-bond acceptors (Lipinski definition) is 6. The van der Waals surface area contributed by atoms with E-state index in [1.54, 1.807) is 28.8 Å². The monoisotopic (exact) mass is 458 g/mol. The smallest absolute Gasteiger partial charge is 0.230 e. The van der Waals surface area contributed by atoms with Crippen LogP contribution >= 0.6 is 11.8 Å². The van der Waals surface area contributed by atoms with Gasteiger partial charge in [-0.1, -0.05) is 61.5 Å². The third-order valence-corrected chi connectivity index (χ3v) is 7.01. The van der Waals surface area contributed by atoms with Crippen molar-refractivity contribution in [3.8, 4) is 5.69 Å². The molecule has 0 spiro atoms. The fourth-order valence-corrected chi connectivity index (χ4v) is 4.87. The van der Waals surface area contributed by atoms with E-state index in [1.807, 2.05) is 51.1 Å². The number of hydrogen-bond donors (Lipinski definition) is 1. The second kappa shape index (κ2) is 10.1. The van der Waals surface area contributed by atoms with Crippen LogP contribution in [0.1, 0.15) is 25.2 Å². The molecule has 0 bridgehead atoms. The van der Waals surface area contributed by atoms with E-state index in [0.717, 1.165) is 11.3 Å². The van der Waals surface area contributed by atoms with Crippen molar-refractivity contribution in [2.24, 2.45) is 5.92 Å². The summed E-state index contributed by atoms with van der Waals surface area (Å²) in [5.74, 6) is 0.438. The van der Waals surface area contributed by atoms with Crippen molar-refractivity contribution >= 4 is 27.5 Å². The molecule has 0 atom stereocenters. The van der Waals surface area contributed by atoms with E-state index in [9.17, 15) is 13.2 Å². The summed E-state index contributed by atoms with van der Waals surface area (Å²) in [5.41, 5.74) is 1.73. The van der Waals surface area contributed by atoms with E-state index < -0.39 is 9.84 Å². The largest absolute Gasteiger partial charge is 0.355 e. The van der Waals surface area contributed by atoms with Crippen LogP contribution in [-0.2, 0) is 20.4 Å². The van der Waals surface area contributed by atoms with Gasteiger partial charge in [-0.2, -0.15) is 0 Å². The predicted molar refractivity (Wildman–Crippen MR) is 122 cm³/mol. The fourth-order valence-electron chi connectivity index (χ4n) is 2.82. The molecule has 1 amide bonds. The Kier molecular flexibility index (Phi) is 7.50. The van der Waals surface area contributed by atoms with Gasteiger partial charge in [0, 0.05) is 12.2 Å². The van der Waals surface area contributed by atoms with Crippen molar-refractivity contribution in [3.05, 3.63) is 66.0 Å². The molecule has 3 aromatic rings. The maximum absolute atomic E-state index is 13.0. The summed E-state index contributed by atoms with van der Waals surface area (Å²) in [6.45, 7) is 6.56. The molecule has 0 saturated carbocycles. The van der Waals surface area contributed by atoms with Gasteiger partial charge >= 0.3 is 0 Å². The van der Waals surface area contributed by atoms with Crippen LogP contribution in [0.2, 0.25) is 0 Å². The van der Waals surface area contributed by atoms with Gasteiger partial charge in [0.05, 0.1) is 10.6 Å². The molecule has 31 heavy (non-hydrogen) atoms. The second-order valence-electron chi connectivity index (χ2n) is 7.63. The molecule has 0 aliphatic rings. The molecule has 3 rings (SSSR count). The number of carbonyl (C=O) groups is 1. The number of para-hydroxylation sites is 1. The maximum Gasteiger partial charge on any atom is 0.230 e. The Morgan fingerprint density at radius 2 is 1.74 bits per heavy atom. The zero-order chi connectivity index (χ0) is 22.4. The Morgan fingerprint density at radius 3 is 2.39 bits per heavy atom. The van der Waals surface area contributed by atoms with Crippen LogP contribution in [0.15, 0.2) is 64.6 Å². The minimum Gasteiger partial charge on any atom is -0.355 e. The van der Waals surface area contributed by atoms with Gasteiger partial charge in [0.15, 0.2) is 20.8 Å². The van der Waals surface area contributed by atoms with E-state index in [2.05, 4.69) is 15.5 Å². The molecule has 9 heteroatoms. The quantitative estimate of drug-likeness (QED) is 0.494. The van der Waals surface area contributed by atoms with Crippen molar-refractivity contribution in [1.82, 2.24) is 20.1 Å². The average Bonchev–Trinajstić information content (AvgIpc) is 3.13. The van der Waals surface area contributed by atoms with E-state index in [0.29, 0.717) is 23.4 Å². The number of nitrogens with zero attached hydrogens (tertiary/aromatic N) is 3. The molecule has 1 aromatic heterocycles. The molecule has 0 radical (unpaired) electrons. The molecule has 0 saturated heterocycles. The Morgan fingerprint density at radius 1 is 1.06 bits per heavy atom. The lowest BCUT2D eigenvalue weighted by molar-refractivity contribution is -0.118. The molecule has 0 unspecified atom stereocenters. The number of carbonyl (C=O) groups excluding carboxylic acids is 1. The molecule has 1 heterocycles. The molecular weight excluding hydrogens is 432 g/mol. The summed E-state index contributed by atoms with van der Waals surface area (Å²) in [7, 11) is -3.61. The first kappa shape index (κ1) is 23.0. The van der Waals surface area contributed by atoms with Crippen molar-refractivity contribution in [1.29, 1.82) is 0 Å². The maximum atomic E-state index is 13.0. The van der Waals surface area contributed by atoms with Crippen molar-refractivity contribution < 1.29 is 13.2 Å². The summed E-state index contributed by atoms with van der Waals surface area (Å²) in [6.07, 6.45) is 0. The Balaban J connectivity index is 1.87. The minimum atomic E-state index is -3.61. The van der Waals surface area contributed by atoms with Crippen LogP contribution in [0.3, 0.4) is 0 Å². The van der Waals surface area contributed by atoms with Crippen LogP contribution in [0, 0.1) is 12.8 Å². The summed E-state index contributed by atoms with van der Waals surface area (Å²) in [5, 5.41) is 11.7. The van der Waals surface area contributed by atoms with Crippen LogP contribution in [0.5, 0.6) is 0 Å². The standard InChI is InChI=1S/C22H26N4O3S2/c1-16(2)13-23-21(27)14-30-22-25-24-20(26(22)18-7-5-4-6-8-18)15-31(28,29)19-11-9-17(3)10-12-19/h4-12,16H,13-15H2,1-3H3,(H,23,27). The lowest BCUT2D eigenvalue weighted by atomic mass is 10.2. The van der Waals surface area contributed by atoms with Crippen molar-refractivity contribution in [3.63, 3.8) is 0 Å². The minimum absolute atomic E-state index is 0.102. The van der Waals surface area contributed by atoms with E-state index in [-0.39, 0.29) is 22.3 Å². The molecule has 1 N–H and O–H groups in total. The number of benzene rings is 2. The van der Waals surface area contributed by atoms with Gasteiger partial charge in [0.25, 0.3) is 0 Å². The highest BCUT2D eigenvalue weighted by Crippen LogP contribution is 2.25. The van der Waals surface area contributed by atoms with E-state index in [4.69, 9.17) is 0 Å². The molecular formula is C22H26N4O3S2. The highest BCUT2D eigenvalue weighted by molar-refractivity contribution is 7.99. The summed E-state index contributed by atoms with van der Waals surface area (Å²) in [6, 6.07) is 16.0. The SMILES string of the molecule is Cc1ccc(S(=O)(=O)Cc2nnc(SCC(=O)NCC(C)C)n2-c2ccccc2)cc1. The summed E-state index contributed by atoms with van der Waals surface area (Å²) < 4.78 is 27.6. The van der Waals surface area contributed by atoms with Crippen LogP contribution < -0.4 is 5.32 Å². The lowest BCUT2D eigenvalue weighted by Crippen LogP contribution is -2.28. The Hall–Kier alpha value is -2.65. The van der Waals surface area contributed by atoms with E-state index in [1.165, 1.54) is 11.8 Å². The number of amides is 1. The van der Waals surface area contributed by atoms with Gasteiger partial charge < -0.3 is 5.32 Å². The predicted octanol–water partition coefficient (Wildman–Crippen LogP) is 3.41. The number of thioether (sulfide) groups is 1. The van der Waals surface area contributed by atoms with Crippen molar-refractivity contribution in [2.45, 2.75) is 36.6 Å². The molecule has 0 aliphatic carbocycles. The average molecular weight is 459 g/mol. The second-order valence-corrected chi connectivity index (χ2v) is 10.6. The highest BCUT2D eigenvalue weighted by atomic mass is 32.2. The van der Waals surface area contributed by atoms with Gasteiger partial charge in [-0.3, -0.25) is 9.36 Å². The zero-order valence-electron chi connectivity index (χ0n) is 17.8. The normalized spacial score (nSPS) is 11.6. The molecule has 7 nitrogen and oxygen atoms in total. The summed E-state index contributed by atoms with van der Waals surface area (Å²) in [4.78, 5) is 12.4. The van der Waals surface area contributed by atoms with Crippen LogP contribution in [0.25, 0.3) is 5.69 Å². The first-order valence-electron chi connectivity index (χ1n) is 9.95.